The van der Waals surface area contributed by atoms with Gasteiger partial charge in [0.2, 0.25) is 37.2 Å². The molecule has 24 nitrogen and oxygen atoms in total. The Morgan fingerprint density at radius 1 is 0.455 bits per heavy atom. The second kappa shape index (κ2) is 31.0. The first-order valence-corrected chi connectivity index (χ1v) is 32.3. The van der Waals surface area contributed by atoms with Gasteiger partial charge in [-0.3, -0.25) is 38.4 Å². The Bertz CT molecular complexity index is 4760. The van der Waals surface area contributed by atoms with Gasteiger partial charge in [-0.2, -0.15) is 0 Å². The van der Waals surface area contributed by atoms with Crippen LogP contribution in [0.1, 0.15) is 98.2 Å². The molecule has 12 rings (SSSR count). The lowest BCUT2D eigenvalue weighted by Crippen LogP contribution is -2.48. The SMILES string of the molecule is CC(C(C/C=C/c1nc2ccccc2o1)c1ccc2c(c1)OCO2)N(Cc1ccc2ccccc2c1)C(=O)CC(C(=O)O)C(CC(=O)O)C(=O)O.CC(C(C/C=C/c1nc2ccccc2o1)c1ccc2c(c1)OCO2)N(Cc1ccc2ccccc2c1)C(=O)CC(CC(=O)O)(C(=O)O)C(=O)O. The summed E-state index contributed by atoms with van der Waals surface area (Å²) in [5, 5.41) is 62.6. The molecule has 0 spiro atoms. The van der Waals surface area contributed by atoms with E-state index in [-0.39, 0.29) is 32.6 Å². The van der Waals surface area contributed by atoms with Crippen LogP contribution in [0.2, 0.25) is 0 Å². The molecular weight excluding hydrogens is 1300 g/mol. The van der Waals surface area contributed by atoms with Crippen molar-refractivity contribution in [3.8, 4) is 23.0 Å². The highest BCUT2D eigenvalue weighted by Gasteiger charge is 2.51. The number of allylic oxidation sites excluding steroid dienone is 2. The Kier molecular flexibility index (Phi) is 21.5. The van der Waals surface area contributed by atoms with E-state index in [1.165, 1.54) is 4.90 Å². The summed E-state index contributed by atoms with van der Waals surface area (Å²) >= 11 is 0. The Morgan fingerprint density at radius 2 is 0.871 bits per heavy atom. The van der Waals surface area contributed by atoms with Crippen LogP contribution in [0.25, 0.3) is 55.9 Å². The summed E-state index contributed by atoms with van der Waals surface area (Å²) in [6.45, 7) is 3.83. The van der Waals surface area contributed by atoms with Gasteiger partial charge in [-0.15, -0.1) is 0 Å². The molecule has 2 aliphatic heterocycles. The van der Waals surface area contributed by atoms with Crippen LogP contribution in [0.3, 0.4) is 0 Å². The zero-order valence-electron chi connectivity index (χ0n) is 54.7. The average molecular weight is 1370 g/mol. The number of hydrogen-bond acceptors (Lipinski definition) is 16. The summed E-state index contributed by atoms with van der Waals surface area (Å²) in [4.78, 5) is 113. The van der Waals surface area contributed by atoms with Gasteiger partial charge in [-0.1, -0.05) is 121 Å². The van der Waals surface area contributed by atoms with Gasteiger partial charge in [-0.05, 0) is 143 Å². The molecule has 8 aromatic carbocycles. The largest absolute Gasteiger partial charge is 0.481 e. The van der Waals surface area contributed by atoms with Crippen molar-refractivity contribution in [2.75, 3.05) is 13.6 Å². The molecule has 24 heteroatoms. The lowest BCUT2D eigenvalue weighted by molar-refractivity contribution is -0.173. The van der Waals surface area contributed by atoms with Gasteiger partial charge in [0, 0.05) is 43.4 Å². The van der Waals surface area contributed by atoms with E-state index in [0.717, 1.165) is 38.2 Å². The Morgan fingerprint density at radius 3 is 1.30 bits per heavy atom. The molecule has 0 aliphatic carbocycles. The van der Waals surface area contributed by atoms with Gasteiger partial charge >= 0.3 is 35.8 Å². The fourth-order valence-corrected chi connectivity index (χ4v) is 12.9. The molecular formula is C77H70N4O20. The van der Waals surface area contributed by atoms with Crippen LogP contribution in [0, 0.1) is 17.3 Å². The number of carbonyl (C=O) groups excluding carboxylic acids is 2. The van der Waals surface area contributed by atoms with Crippen LogP contribution in [-0.4, -0.2) is 124 Å². The summed E-state index contributed by atoms with van der Waals surface area (Å²) in [5.74, 6) is -13.0. The molecule has 518 valence electrons. The van der Waals surface area contributed by atoms with Crippen molar-refractivity contribution in [3.63, 3.8) is 0 Å². The molecule has 2 amide bonds. The predicted molar refractivity (Wildman–Crippen MR) is 368 cm³/mol. The molecule has 6 atom stereocenters. The second-order valence-electron chi connectivity index (χ2n) is 24.8. The van der Waals surface area contributed by atoms with Crippen LogP contribution in [0.5, 0.6) is 23.0 Å². The predicted octanol–water partition coefficient (Wildman–Crippen LogP) is 12.9. The summed E-state index contributed by atoms with van der Waals surface area (Å²) < 4.78 is 34.1. The van der Waals surface area contributed by atoms with Crippen LogP contribution in [0.4, 0.5) is 0 Å². The van der Waals surface area contributed by atoms with Crippen molar-refractivity contribution in [1.82, 2.24) is 19.8 Å². The average Bonchev–Trinajstić information content (AvgIpc) is 1.32. The third-order valence-corrected chi connectivity index (χ3v) is 18.3. The van der Waals surface area contributed by atoms with Gasteiger partial charge in [0.1, 0.15) is 11.0 Å². The molecule has 2 aromatic heterocycles. The molecule has 6 unspecified atom stereocenters. The molecule has 0 radical (unpaired) electrons. The topological polar surface area (TPSA) is 353 Å². The number of carbonyl (C=O) groups is 8. The number of fused-ring (bicyclic) bond motifs is 6. The standard InChI is InChI=1S/C39H36N2O10.C38H34N2O10/c1-23(28(27-15-16-33-34(18-27)50-22-49-33)9-6-12-35-40-31-10-4-5-11-32(31)51-35)41(21-24-13-14-25-7-2-3-8-26(25)17-24)36(42)19-29(38(45)46)30(39(47)48)20-37(43)44;1-23(28(27-15-16-31-32(18-27)49-22-48-31)9-6-12-33-39-29-10-4-5-11-30(29)50-33)40(21-24-13-14-25-7-2-3-8-26(25)17-24)34(41)19-38(36(44)45,37(46)47)20-35(42)43/h2-8,10-18,23,28-30H,9,19-22H2,1H3,(H,43,44)(H,45,46)(H,47,48);2-8,10-18,23,28H,9,19-22H2,1H3,(H,42,43)(H,44,45)(H,46,47)/b2*12-6+. The van der Waals surface area contributed by atoms with E-state index in [1.54, 1.807) is 36.1 Å². The van der Waals surface area contributed by atoms with Gasteiger partial charge in [0.05, 0.1) is 31.1 Å². The van der Waals surface area contributed by atoms with Crippen molar-refractivity contribution < 1.29 is 96.8 Å². The van der Waals surface area contributed by atoms with E-state index in [9.17, 15) is 69.0 Å². The maximum Gasteiger partial charge on any atom is 0.322 e. The van der Waals surface area contributed by atoms with Gasteiger partial charge in [0.15, 0.2) is 39.6 Å². The monoisotopic (exact) mass is 1370 g/mol. The number of oxazole rings is 2. The van der Waals surface area contributed by atoms with Gasteiger partial charge < -0.3 is 68.2 Å². The highest BCUT2D eigenvalue weighted by Crippen LogP contribution is 2.41. The minimum atomic E-state index is -2.88. The minimum Gasteiger partial charge on any atom is -0.481 e. The number of carboxylic acid groups (broad SMARTS) is 6. The molecule has 101 heavy (non-hydrogen) atoms. The van der Waals surface area contributed by atoms with Gasteiger partial charge in [-0.25, -0.2) is 9.97 Å². The maximum absolute atomic E-state index is 14.3. The number of carboxylic acids is 6. The molecule has 0 saturated heterocycles. The highest BCUT2D eigenvalue weighted by atomic mass is 16.7. The first-order chi connectivity index (χ1) is 48.6. The van der Waals surface area contributed by atoms with Crippen molar-refractivity contribution in [1.29, 1.82) is 0 Å². The van der Waals surface area contributed by atoms with Crippen LogP contribution in [-0.2, 0) is 51.4 Å². The lowest BCUT2D eigenvalue weighted by atomic mass is 9.80. The number of ether oxygens (including phenoxy) is 4. The quantitative estimate of drug-likeness (QED) is 0.0237. The fourth-order valence-electron chi connectivity index (χ4n) is 12.9. The molecule has 0 fully saturated rings. The molecule has 10 aromatic rings. The van der Waals surface area contributed by atoms with Crippen molar-refractivity contribution in [2.45, 2.75) is 89.4 Å². The van der Waals surface area contributed by atoms with E-state index in [1.807, 2.05) is 177 Å². The van der Waals surface area contributed by atoms with Crippen molar-refractivity contribution in [2.24, 2.45) is 17.3 Å². The number of hydrogen-bond donors (Lipinski definition) is 6. The fraction of sp³-hybridized carbons (Fsp3) is 0.247. The van der Waals surface area contributed by atoms with E-state index >= 15 is 0 Å². The van der Waals surface area contributed by atoms with E-state index < -0.39 is 109 Å². The third kappa shape index (κ3) is 16.5. The third-order valence-electron chi connectivity index (χ3n) is 18.3. The number of benzene rings is 8. The Hall–Kier alpha value is -12.3. The zero-order chi connectivity index (χ0) is 71.5. The summed E-state index contributed by atoms with van der Waals surface area (Å²) in [6, 6.07) is 51.3. The molecule has 0 saturated carbocycles. The number of aliphatic carboxylic acids is 6. The molecule has 6 N–H and O–H groups in total. The Labute approximate surface area is 576 Å². The van der Waals surface area contributed by atoms with Crippen LogP contribution >= 0.6 is 0 Å². The highest BCUT2D eigenvalue weighted by molar-refractivity contribution is 6.05. The van der Waals surface area contributed by atoms with Crippen molar-refractivity contribution in [3.05, 3.63) is 216 Å². The zero-order valence-corrected chi connectivity index (χ0v) is 54.7. The lowest BCUT2D eigenvalue weighted by Gasteiger charge is -2.37. The normalized spacial score (nSPS) is 14.2. The van der Waals surface area contributed by atoms with Crippen LogP contribution < -0.4 is 18.9 Å². The number of para-hydroxylation sites is 4. The number of amides is 2. The number of aromatic nitrogens is 2. The Balaban J connectivity index is 0.000000203. The first kappa shape index (κ1) is 70.0. The van der Waals surface area contributed by atoms with Gasteiger partial charge in [0.25, 0.3) is 0 Å². The minimum absolute atomic E-state index is 0.0108. The number of rotatable bonds is 29. The summed E-state index contributed by atoms with van der Waals surface area (Å²) in [5.41, 5.74) is 2.86. The van der Waals surface area contributed by atoms with E-state index in [0.29, 0.717) is 75.4 Å². The van der Waals surface area contributed by atoms with E-state index in [2.05, 4.69) is 9.97 Å². The van der Waals surface area contributed by atoms with E-state index in [4.69, 9.17) is 27.8 Å². The summed E-state index contributed by atoms with van der Waals surface area (Å²) in [6.07, 6.45) is 3.96. The second-order valence-corrected chi connectivity index (χ2v) is 24.8. The summed E-state index contributed by atoms with van der Waals surface area (Å²) in [7, 11) is 0. The van der Waals surface area contributed by atoms with Crippen LogP contribution in [0.15, 0.2) is 191 Å². The first-order valence-electron chi connectivity index (χ1n) is 32.3. The molecule has 0 bridgehead atoms. The maximum atomic E-state index is 14.3. The smallest absolute Gasteiger partial charge is 0.322 e. The molecule has 4 heterocycles. The molecule has 2 aliphatic rings. The van der Waals surface area contributed by atoms with Crippen molar-refractivity contribution >= 4 is 104 Å². The number of nitrogens with zero attached hydrogens (tertiary/aromatic N) is 4.